The molecule has 2 heterocycles. The third-order valence-corrected chi connectivity index (χ3v) is 3.75. The van der Waals surface area contributed by atoms with Gasteiger partial charge in [0.05, 0.1) is 11.5 Å². The van der Waals surface area contributed by atoms with Crippen LogP contribution in [0.3, 0.4) is 0 Å². The highest BCUT2D eigenvalue weighted by atomic mass is 32.1. The van der Waals surface area contributed by atoms with Crippen molar-refractivity contribution in [1.29, 1.82) is 0 Å². The molecule has 1 fully saturated rings. The number of carboxylic acids is 1. The highest BCUT2D eigenvalue weighted by Crippen LogP contribution is 2.21. The molecule has 0 aliphatic carbocycles. The quantitative estimate of drug-likeness (QED) is 0.846. The maximum absolute atomic E-state index is 11.9. The average molecular weight is 255 g/mol. The minimum absolute atomic E-state index is 0.0262. The second kappa shape index (κ2) is 4.46. The number of carbonyl (C=O) groups is 2. The van der Waals surface area contributed by atoms with E-state index in [1.54, 1.807) is 6.07 Å². The van der Waals surface area contributed by atoms with Gasteiger partial charge in [-0.3, -0.25) is 4.79 Å². The van der Waals surface area contributed by atoms with Gasteiger partial charge in [-0.15, -0.1) is 11.3 Å². The molecule has 1 saturated heterocycles. The van der Waals surface area contributed by atoms with Crippen LogP contribution in [0.25, 0.3) is 0 Å². The van der Waals surface area contributed by atoms with Gasteiger partial charge >= 0.3 is 5.97 Å². The molecule has 92 valence electrons. The lowest BCUT2D eigenvalue weighted by Gasteiger charge is -2.23. The van der Waals surface area contributed by atoms with Gasteiger partial charge in [0.1, 0.15) is 0 Å². The Morgan fingerprint density at radius 1 is 1.53 bits per heavy atom. The fraction of sp³-hybridized carbons (Fsp3) is 0.455. The lowest BCUT2D eigenvalue weighted by atomic mass is 9.99. The minimum atomic E-state index is -1.27. The van der Waals surface area contributed by atoms with Crippen molar-refractivity contribution in [2.24, 2.45) is 0 Å². The van der Waals surface area contributed by atoms with Crippen LogP contribution < -0.4 is 5.32 Å². The van der Waals surface area contributed by atoms with E-state index in [4.69, 9.17) is 4.74 Å². The minimum Gasteiger partial charge on any atom is -0.479 e. The molecule has 0 spiro atoms. The largest absolute Gasteiger partial charge is 0.479 e. The predicted molar refractivity (Wildman–Crippen MR) is 62.3 cm³/mol. The summed E-state index contributed by atoms with van der Waals surface area (Å²) in [5, 5.41) is 11.7. The van der Waals surface area contributed by atoms with E-state index >= 15 is 0 Å². The van der Waals surface area contributed by atoms with E-state index in [0.717, 1.165) is 4.88 Å². The molecule has 2 N–H and O–H groups in total. The number of hydrogen-bond donors (Lipinski definition) is 2. The van der Waals surface area contributed by atoms with E-state index < -0.39 is 11.5 Å². The van der Waals surface area contributed by atoms with E-state index in [0.29, 0.717) is 17.9 Å². The Bertz CT molecular complexity index is 448. The van der Waals surface area contributed by atoms with Crippen molar-refractivity contribution < 1.29 is 19.4 Å². The first-order valence-electron chi connectivity index (χ1n) is 5.24. The fourth-order valence-electron chi connectivity index (χ4n) is 1.72. The Hall–Kier alpha value is -1.40. The van der Waals surface area contributed by atoms with E-state index in [9.17, 15) is 14.7 Å². The Morgan fingerprint density at radius 2 is 2.29 bits per heavy atom. The van der Waals surface area contributed by atoms with Crippen molar-refractivity contribution in [3.05, 3.63) is 21.9 Å². The van der Waals surface area contributed by atoms with Crippen molar-refractivity contribution in [3.8, 4) is 0 Å². The van der Waals surface area contributed by atoms with Gasteiger partial charge in [0, 0.05) is 17.9 Å². The molecule has 0 unspecified atom stereocenters. The van der Waals surface area contributed by atoms with Crippen LogP contribution in [0.15, 0.2) is 12.1 Å². The van der Waals surface area contributed by atoms with Gasteiger partial charge in [-0.25, -0.2) is 4.79 Å². The number of aryl methyl sites for hydroxylation is 1. The van der Waals surface area contributed by atoms with Crippen LogP contribution in [-0.4, -0.2) is 35.7 Å². The SMILES string of the molecule is Cc1ccc(C(=O)N[C@@]2(C(=O)O)CCOC2)s1. The maximum atomic E-state index is 11.9. The van der Waals surface area contributed by atoms with E-state index in [1.807, 2.05) is 13.0 Å². The summed E-state index contributed by atoms with van der Waals surface area (Å²) in [6, 6.07) is 3.53. The summed E-state index contributed by atoms with van der Waals surface area (Å²) in [5.74, 6) is -1.40. The highest BCUT2D eigenvalue weighted by molar-refractivity contribution is 7.13. The first-order valence-corrected chi connectivity index (χ1v) is 6.05. The van der Waals surface area contributed by atoms with Crippen LogP contribution in [0.1, 0.15) is 21.0 Å². The van der Waals surface area contributed by atoms with Crippen molar-refractivity contribution in [2.75, 3.05) is 13.2 Å². The zero-order valence-corrected chi connectivity index (χ0v) is 10.2. The predicted octanol–water partition coefficient (Wildman–Crippen LogP) is 1.03. The third-order valence-electron chi connectivity index (χ3n) is 2.75. The molecule has 1 aromatic heterocycles. The van der Waals surface area contributed by atoms with Crippen LogP contribution in [-0.2, 0) is 9.53 Å². The lowest BCUT2D eigenvalue weighted by molar-refractivity contribution is -0.144. The molecule has 1 aliphatic heterocycles. The molecule has 5 nitrogen and oxygen atoms in total. The van der Waals surface area contributed by atoms with Gasteiger partial charge in [-0.2, -0.15) is 0 Å². The highest BCUT2D eigenvalue weighted by Gasteiger charge is 2.44. The number of amides is 1. The molecule has 0 aromatic carbocycles. The molecule has 17 heavy (non-hydrogen) atoms. The van der Waals surface area contributed by atoms with E-state index in [2.05, 4.69) is 5.32 Å². The smallest absolute Gasteiger partial charge is 0.331 e. The number of carbonyl (C=O) groups excluding carboxylic acids is 1. The number of aliphatic carboxylic acids is 1. The molecule has 0 saturated carbocycles. The number of carboxylic acid groups (broad SMARTS) is 1. The van der Waals surface area contributed by atoms with E-state index in [-0.39, 0.29) is 12.5 Å². The Balaban J connectivity index is 2.14. The number of thiophene rings is 1. The third kappa shape index (κ3) is 2.32. The van der Waals surface area contributed by atoms with Crippen LogP contribution in [0.4, 0.5) is 0 Å². The zero-order chi connectivity index (χ0) is 12.5. The molecule has 0 radical (unpaired) electrons. The van der Waals surface area contributed by atoms with Gasteiger partial charge in [0.25, 0.3) is 5.91 Å². The molecule has 1 aromatic rings. The van der Waals surface area contributed by atoms with Crippen molar-refractivity contribution >= 4 is 23.2 Å². The molecular formula is C11H13NO4S. The molecule has 1 aliphatic rings. The van der Waals surface area contributed by atoms with Crippen LogP contribution in [0, 0.1) is 6.92 Å². The molecular weight excluding hydrogens is 242 g/mol. The van der Waals surface area contributed by atoms with Crippen LogP contribution in [0.5, 0.6) is 0 Å². The van der Waals surface area contributed by atoms with Crippen molar-refractivity contribution in [3.63, 3.8) is 0 Å². The van der Waals surface area contributed by atoms with Gasteiger partial charge in [0.2, 0.25) is 0 Å². The summed E-state index contributed by atoms with van der Waals surface area (Å²) in [7, 11) is 0. The van der Waals surface area contributed by atoms with Gasteiger partial charge in [-0.05, 0) is 19.1 Å². The van der Waals surface area contributed by atoms with E-state index in [1.165, 1.54) is 11.3 Å². The zero-order valence-electron chi connectivity index (χ0n) is 9.36. The molecule has 1 atom stereocenters. The first-order chi connectivity index (χ1) is 8.03. The summed E-state index contributed by atoms with van der Waals surface area (Å²) in [6.07, 6.45) is 0.304. The Labute approximate surface area is 102 Å². The van der Waals surface area contributed by atoms with Gasteiger partial charge < -0.3 is 15.2 Å². The average Bonchev–Trinajstić information content (AvgIpc) is 2.87. The molecule has 6 heteroatoms. The number of nitrogens with one attached hydrogen (secondary N) is 1. The second-order valence-corrected chi connectivity index (χ2v) is 5.34. The summed E-state index contributed by atoms with van der Waals surface area (Å²) >= 11 is 1.34. The molecule has 1 amide bonds. The molecule has 2 rings (SSSR count). The summed E-state index contributed by atoms with van der Waals surface area (Å²) < 4.78 is 5.07. The monoisotopic (exact) mass is 255 g/mol. The first kappa shape index (κ1) is 12.1. The van der Waals surface area contributed by atoms with Gasteiger partial charge in [0.15, 0.2) is 5.54 Å². The topological polar surface area (TPSA) is 75.6 Å². The summed E-state index contributed by atoms with van der Waals surface area (Å²) in [4.78, 5) is 24.6. The number of hydrogen-bond acceptors (Lipinski definition) is 4. The summed E-state index contributed by atoms with van der Waals surface area (Å²) in [5.41, 5.74) is -1.27. The normalized spacial score (nSPS) is 23.6. The van der Waals surface area contributed by atoms with Crippen LogP contribution >= 0.6 is 11.3 Å². The van der Waals surface area contributed by atoms with Gasteiger partial charge in [-0.1, -0.05) is 0 Å². The second-order valence-electron chi connectivity index (χ2n) is 4.05. The lowest BCUT2D eigenvalue weighted by Crippen LogP contribution is -2.55. The fourth-order valence-corrected chi connectivity index (χ4v) is 2.48. The number of rotatable bonds is 3. The molecule has 0 bridgehead atoms. The Morgan fingerprint density at radius 3 is 2.76 bits per heavy atom. The Kier molecular flexibility index (Phi) is 3.17. The van der Waals surface area contributed by atoms with Crippen molar-refractivity contribution in [2.45, 2.75) is 18.9 Å². The number of ether oxygens (including phenoxy) is 1. The summed E-state index contributed by atoms with van der Waals surface area (Å²) in [6.45, 7) is 2.28. The standard InChI is InChI=1S/C11H13NO4S/c1-7-2-3-8(17-7)9(13)12-11(10(14)15)4-5-16-6-11/h2-3H,4-6H2,1H3,(H,12,13)(H,14,15)/t11-/m0/s1. The maximum Gasteiger partial charge on any atom is 0.331 e. The van der Waals surface area contributed by atoms with Crippen LogP contribution in [0.2, 0.25) is 0 Å². The van der Waals surface area contributed by atoms with Crippen molar-refractivity contribution in [1.82, 2.24) is 5.32 Å².